The predicted molar refractivity (Wildman–Crippen MR) is 105 cm³/mol. The van der Waals surface area contributed by atoms with Gasteiger partial charge in [0.25, 0.3) is 0 Å². The van der Waals surface area contributed by atoms with E-state index in [-0.39, 0.29) is 11.7 Å². The number of rotatable bonds is 4. The SMILES string of the molecule is CCn1ncc2c(F)cc(-c3ccc(C4(C)CCCNC4=O)c(OC)n3)cc21. The lowest BCUT2D eigenvalue weighted by Crippen LogP contribution is -2.47. The summed E-state index contributed by atoms with van der Waals surface area (Å²) in [5.74, 6) is 0.0307. The van der Waals surface area contributed by atoms with Gasteiger partial charge in [-0.05, 0) is 44.9 Å². The lowest BCUT2D eigenvalue weighted by atomic mass is 9.76. The van der Waals surface area contributed by atoms with Crippen molar-refractivity contribution in [2.24, 2.45) is 0 Å². The highest BCUT2D eigenvalue weighted by molar-refractivity contribution is 5.89. The second kappa shape index (κ2) is 6.89. The summed E-state index contributed by atoms with van der Waals surface area (Å²) in [5, 5.41) is 7.63. The van der Waals surface area contributed by atoms with E-state index in [0.717, 1.165) is 23.9 Å². The van der Waals surface area contributed by atoms with Crippen LogP contribution in [-0.2, 0) is 16.8 Å². The first-order chi connectivity index (χ1) is 13.5. The second-order valence-corrected chi connectivity index (χ2v) is 7.30. The van der Waals surface area contributed by atoms with Crippen molar-refractivity contribution in [1.82, 2.24) is 20.1 Å². The number of piperidine rings is 1. The summed E-state index contributed by atoms with van der Waals surface area (Å²) in [6.07, 6.45) is 3.17. The molecule has 3 heterocycles. The van der Waals surface area contributed by atoms with Crippen molar-refractivity contribution >= 4 is 16.8 Å². The summed E-state index contributed by atoms with van der Waals surface area (Å²) in [6.45, 7) is 5.21. The number of aryl methyl sites for hydroxylation is 1. The van der Waals surface area contributed by atoms with E-state index in [2.05, 4.69) is 15.4 Å². The number of fused-ring (bicyclic) bond motifs is 1. The van der Waals surface area contributed by atoms with Gasteiger partial charge in [-0.3, -0.25) is 9.48 Å². The van der Waals surface area contributed by atoms with Crippen molar-refractivity contribution in [2.75, 3.05) is 13.7 Å². The van der Waals surface area contributed by atoms with Crippen molar-refractivity contribution in [3.63, 3.8) is 0 Å². The van der Waals surface area contributed by atoms with Crippen LogP contribution in [0.4, 0.5) is 4.39 Å². The Morgan fingerprint density at radius 3 is 2.89 bits per heavy atom. The molecule has 28 heavy (non-hydrogen) atoms. The Morgan fingerprint density at radius 1 is 1.36 bits per heavy atom. The first kappa shape index (κ1) is 18.4. The van der Waals surface area contributed by atoms with E-state index < -0.39 is 5.41 Å². The number of hydrogen-bond acceptors (Lipinski definition) is 4. The first-order valence-electron chi connectivity index (χ1n) is 9.47. The Kier molecular flexibility index (Phi) is 4.53. The fourth-order valence-electron chi connectivity index (χ4n) is 3.92. The summed E-state index contributed by atoms with van der Waals surface area (Å²) >= 11 is 0. The van der Waals surface area contributed by atoms with Gasteiger partial charge in [0, 0.05) is 24.2 Å². The summed E-state index contributed by atoms with van der Waals surface area (Å²) < 4.78 is 21.9. The molecule has 1 amide bonds. The number of ether oxygens (including phenoxy) is 1. The standard InChI is InChI=1S/C21H23FN4O2/c1-4-26-18-11-13(10-16(22)14(18)12-24-26)17-7-6-15(19(25-17)28-3)21(2)8-5-9-23-20(21)27/h6-7,10-12H,4-5,8-9H2,1-3H3,(H,23,27). The van der Waals surface area contributed by atoms with E-state index in [1.807, 2.05) is 32.0 Å². The maximum absolute atomic E-state index is 14.6. The molecule has 1 aromatic carbocycles. The number of amides is 1. The summed E-state index contributed by atoms with van der Waals surface area (Å²) in [4.78, 5) is 17.1. The minimum atomic E-state index is -0.689. The van der Waals surface area contributed by atoms with Crippen molar-refractivity contribution in [3.05, 3.63) is 41.8 Å². The maximum Gasteiger partial charge on any atom is 0.230 e. The predicted octanol–water partition coefficient (Wildman–Crippen LogP) is 3.43. The van der Waals surface area contributed by atoms with Crippen molar-refractivity contribution < 1.29 is 13.9 Å². The fourth-order valence-corrected chi connectivity index (χ4v) is 3.92. The van der Waals surface area contributed by atoms with Crippen LogP contribution in [0.2, 0.25) is 0 Å². The topological polar surface area (TPSA) is 69.0 Å². The van der Waals surface area contributed by atoms with Crippen LogP contribution >= 0.6 is 0 Å². The number of pyridine rings is 1. The van der Waals surface area contributed by atoms with Crippen LogP contribution in [0.3, 0.4) is 0 Å². The van der Waals surface area contributed by atoms with Gasteiger partial charge in [0.05, 0.1) is 35.3 Å². The summed E-state index contributed by atoms with van der Waals surface area (Å²) in [7, 11) is 1.54. The van der Waals surface area contributed by atoms with E-state index in [1.54, 1.807) is 4.68 Å². The first-order valence-corrected chi connectivity index (χ1v) is 9.47. The number of benzene rings is 1. The van der Waals surface area contributed by atoms with Gasteiger partial charge in [-0.15, -0.1) is 0 Å². The molecule has 0 spiro atoms. The number of hydrogen-bond donors (Lipinski definition) is 1. The molecule has 6 nitrogen and oxygen atoms in total. The molecule has 4 rings (SSSR count). The number of aromatic nitrogens is 3. The number of nitrogens with zero attached hydrogens (tertiary/aromatic N) is 3. The van der Waals surface area contributed by atoms with Gasteiger partial charge in [-0.1, -0.05) is 6.07 Å². The monoisotopic (exact) mass is 382 g/mol. The molecule has 1 unspecified atom stereocenters. The number of carbonyl (C=O) groups excluding carboxylic acids is 1. The quantitative estimate of drug-likeness (QED) is 0.751. The molecule has 1 aliphatic heterocycles. The lowest BCUT2D eigenvalue weighted by Gasteiger charge is -2.33. The van der Waals surface area contributed by atoms with Crippen LogP contribution in [0, 0.1) is 5.82 Å². The molecule has 7 heteroatoms. The average molecular weight is 382 g/mol. The zero-order chi connectivity index (χ0) is 19.9. The third-order valence-electron chi connectivity index (χ3n) is 5.60. The van der Waals surface area contributed by atoms with Crippen molar-refractivity contribution in [2.45, 2.75) is 38.6 Å². The zero-order valence-corrected chi connectivity index (χ0v) is 16.3. The Hall–Kier alpha value is -2.96. The minimum Gasteiger partial charge on any atom is -0.481 e. The molecule has 3 aromatic rings. The molecular weight excluding hydrogens is 359 g/mol. The lowest BCUT2D eigenvalue weighted by molar-refractivity contribution is -0.128. The molecular formula is C21H23FN4O2. The third kappa shape index (κ3) is 2.82. The Bertz CT molecular complexity index is 1060. The number of halogens is 1. The van der Waals surface area contributed by atoms with Gasteiger partial charge in [-0.2, -0.15) is 5.10 Å². The van der Waals surface area contributed by atoms with E-state index in [9.17, 15) is 9.18 Å². The second-order valence-electron chi connectivity index (χ2n) is 7.30. The number of methoxy groups -OCH3 is 1. The highest BCUT2D eigenvalue weighted by atomic mass is 19.1. The molecule has 0 saturated carbocycles. The van der Waals surface area contributed by atoms with Crippen LogP contribution in [0.5, 0.6) is 5.88 Å². The number of nitrogens with one attached hydrogen (secondary N) is 1. The Balaban J connectivity index is 1.82. The summed E-state index contributed by atoms with van der Waals surface area (Å²) in [5.41, 5.74) is 2.01. The average Bonchev–Trinajstić information content (AvgIpc) is 3.13. The molecule has 1 N–H and O–H groups in total. The molecule has 1 fully saturated rings. The number of carbonyl (C=O) groups is 1. The molecule has 0 bridgehead atoms. The highest BCUT2D eigenvalue weighted by Crippen LogP contribution is 2.38. The normalized spacial score (nSPS) is 19.6. The van der Waals surface area contributed by atoms with E-state index in [4.69, 9.17) is 4.74 Å². The van der Waals surface area contributed by atoms with E-state index in [1.165, 1.54) is 19.4 Å². The van der Waals surface area contributed by atoms with Crippen LogP contribution < -0.4 is 10.1 Å². The Labute approximate surface area is 162 Å². The fraction of sp³-hybridized carbons (Fsp3) is 0.381. The molecule has 1 atom stereocenters. The van der Waals surface area contributed by atoms with Crippen LogP contribution in [0.25, 0.3) is 22.2 Å². The van der Waals surface area contributed by atoms with Gasteiger partial charge in [-0.25, -0.2) is 9.37 Å². The van der Waals surface area contributed by atoms with E-state index in [0.29, 0.717) is 35.6 Å². The molecule has 2 aromatic heterocycles. The van der Waals surface area contributed by atoms with Crippen LogP contribution in [0.15, 0.2) is 30.5 Å². The molecule has 146 valence electrons. The van der Waals surface area contributed by atoms with Crippen LogP contribution in [-0.4, -0.2) is 34.3 Å². The Morgan fingerprint density at radius 2 is 2.18 bits per heavy atom. The third-order valence-corrected chi connectivity index (χ3v) is 5.60. The van der Waals surface area contributed by atoms with Gasteiger partial charge in [0.1, 0.15) is 5.82 Å². The molecule has 1 saturated heterocycles. The van der Waals surface area contributed by atoms with Gasteiger partial charge in [0.15, 0.2) is 0 Å². The smallest absolute Gasteiger partial charge is 0.230 e. The molecule has 0 radical (unpaired) electrons. The van der Waals surface area contributed by atoms with Crippen LogP contribution in [0.1, 0.15) is 32.3 Å². The largest absolute Gasteiger partial charge is 0.481 e. The van der Waals surface area contributed by atoms with Gasteiger partial charge >= 0.3 is 0 Å². The zero-order valence-electron chi connectivity index (χ0n) is 16.3. The van der Waals surface area contributed by atoms with Crippen molar-refractivity contribution in [1.29, 1.82) is 0 Å². The van der Waals surface area contributed by atoms with Gasteiger partial charge < -0.3 is 10.1 Å². The van der Waals surface area contributed by atoms with Gasteiger partial charge in [0.2, 0.25) is 11.8 Å². The molecule has 1 aliphatic rings. The van der Waals surface area contributed by atoms with Crippen molar-refractivity contribution in [3.8, 4) is 17.1 Å². The highest BCUT2D eigenvalue weighted by Gasteiger charge is 2.40. The van der Waals surface area contributed by atoms with E-state index >= 15 is 0 Å². The minimum absolute atomic E-state index is 0.0223. The summed E-state index contributed by atoms with van der Waals surface area (Å²) in [6, 6.07) is 7.02. The maximum atomic E-state index is 14.6. The molecule has 0 aliphatic carbocycles.